The third-order valence-corrected chi connectivity index (χ3v) is 4.38. The molecule has 2 rings (SSSR count). The van der Waals surface area contributed by atoms with E-state index in [1.807, 2.05) is 0 Å². The van der Waals surface area contributed by atoms with E-state index in [2.05, 4.69) is 9.97 Å². The van der Waals surface area contributed by atoms with Crippen LogP contribution in [0, 0.1) is 0 Å². The molecule has 8 nitrogen and oxygen atoms in total. The Bertz CT molecular complexity index is 790. The lowest BCUT2D eigenvalue weighted by molar-refractivity contribution is 0.0860. The number of hydrogen-bond acceptors (Lipinski definition) is 5. The van der Waals surface area contributed by atoms with Gasteiger partial charge in [-0.25, -0.2) is 9.78 Å². The molecule has 0 aromatic carbocycles. The molecule has 0 amide bonds. The van der Waals surface area contributed by atoms with E-state index >= 15 is 0 Å². The van der Waals surface area contributed by atoms with Crippen molar-refractivity contribution < 1.29 is 10.2 Å². The van der Waals surface area contributed by atoms with Crippen molar-refractivity contribution in [2.24, 2.45) is 14.1 Å². The number of hydrogen-bond donors (Lipinski definition) is 3. The summed E-state index contributed by atoms with van der Waals surface area (Å²) in [6.45, 7) is -0.172. The maximum Gasteiger partial charge on any atom is 0.329 e. The van der Waals surface area contributed by atoms with Gasteiger partial charge in [0.2, 0.25) is 0 Å². The highest BCUT2D eigenvalue weighted by Gasteiger charge is 2.14. The van der Waals surface area contributed by atoms with Crippen LogP contribution in [0.1, 0.15) is 44.3 Å². The molecule has 1 atom stereocenters. The molecule has 8 heteroatoms. The fraction of sp³-hybridized carbons (Fsp3) is 0.688. The minimum Gasteiger partial charge on any atom is -0.394 e. The summed E-state index contributed by atoms with van der Waals surface area (Å²) < 4.78 is 3.11. The van der Waals surface area contributed by atoms with Gasteiger partial charge in [-0.3, -0.25) is 14.3 Å². The second-order valence-electron chi connectivity index (χ2n) is 6.22. The molecule has 2 aromatic rings. The van der Waals surface area contributed by atoms with E-state index in [4.69, 9.17) is 5.11 Å². The number of aromatic nitrogens is 4. The van der Waals surface area contributed by atoms with Gasteiger partial charge in [-0.15, -0.1) is 0 Å². The molecule has 1 unspecified atom stereocenters. The van der Waals surface area contributed by atoms with E-state index in [-0.39, 0.29) is 6.61 Å². The second kappa shape index (κ2) is 8.25. The first-order chi connectivity index (χ1) is 11.5. The Balaban J connectivity index is 1.89. The quantitative estimate of drug-likeness (QED) is 0.565. The SMILES string of the molecule is Cn1c(CCCCCCCC(O)CO)nc2c1c(=O)[nH]c(=O)n2C. The van der Waals surface area contributed by atoms with Crippen molar-refractivity contribution in [3.63, 3.8) is 0 Å². The molecule has 0 saturated carbocycles. The van der Waals surface area contributed by atoms with E-state index in [0.29, 0.717) is 17.6 Å². The van der Waals surface area contributed by atoms with Crippen LogP contribution in [0.25, 0.3) is 11.2 Å². The number of fused-ring (bicyclic) bond motifs is 1. The molecule has 2 heterocycles. The van der Waals surface area contributed by atoms with Gasteiger partial charge in [0.1, 0.15) is 5.82 Å². The number of aromatic amines is 1. The molecule has 24 heavy (non-hydrogen) atoms. The van der Waals surface area contributed by atoms with Gasteiger partial charge in [-0.05, 0) is 12.8 Å². The zero-order valence-electron chi connectivity index (χ0n) is 14.3. The van der Waals surface area contributed by atoms with E-state index in [1.54, 1.807) is 18.7 Å². The third kappa shape index (κ3) is 4.12. The number of rotatable bonds is 9. The summed E-state index contributed by atoms with van der Waals surface area (Å²) in [6.07, 6.45) is 5.75. The zero-order chi connectivity index (χ0) is 17.7. The highest BCUT2D eigenvalue weighted by molar-refractivity contribution is 5.70. The molecule has 0 spiro atoms. The van der Waals surface area contributed by atoms with Gasteiger partial charge in [-0.1, -0.05) is 25.7 Å². The average molecular weight is 338 g/mol. The Morgan fingerprint density at radius 1 is 1.08 bits per heavy atom. The fourth-order valence-electron chi connectivity index (χ4n) is 2.86. The smallest absolute Gasteiger partial charge is 0.329 e. The Morgan fingerprint density at radius 2 is 1.75 bits per heavy atom. The number of unbranched alkanes of at least 4 members (excludes halogenated alkanes) is 4. The molecule has 0 radical (unpaired) electrons. The van der Waals surface area contributed by atoms with Crippen molar-refractivity contribution in [1.29, 1.82) is 0 Å². The largest absolute Gasteiger partial charge is 0.394 e. The lowest BCUT2D eigenvalue weighted by Gasteiger charge is -2.06. The molecule has 0 aliphatic rings. The number of nitrogens with one attached hydrogen (secondary N) is 1. The van der Waals surface area contributed by atoms with Crippen LogP contribution in [-0.2, 0) is 20.5 Å². The molecular weight excluding hydrogens is 312 g/mol. The number of aliphatic hydroxyl groups excluding tert-OH is 2. The molecule has 3 N–H and O–H groups in total. The average Bonchev–Trinajstić information content (AvgIpc) is 2.89. The summed E-state index contributed by atoms with van der Waals surface area (Å²) in [6, 6.07) is 0. The van der Waals surface area contributed by atoms with Gasteiger partial charge >= 0.3 is 5.69 Å². The van der Waals surface area contributed by atoms with Gasteiger partial charge in [0.25, 0.3) is 5.56 Å². The minimum absolute atomic E-state index is 0.172. The van der Waals surface area contributed by atoms with E-state index in [1.165, 1.54) is 4.57 Å². The van der Waals surface area contributed by atoms with Gasteiger partial charge in [-0.2, -0.15) is 0 Å². The molecular formula is C16H26N4O4. The zero-order valence-corrected chi connectivity index (χ0v) is 14.3. The highest BCUT2D eigenvalue weighted by Crippen LogP contribution is 2.13. The summed E-state index contributed by atoms with van der Waals surface area (Å²) in [5.74, 6) is 0.799. The fourth-order valence-corrected chi connectivity index (χ4v) is 2.86. The lowest BCUT2D eigenvalue weighted by atomic mass is 10.1. The Kier molecular flexibility index (Phi) is 6.33. The number of nitrogens with zero attached hydrogens (tertiary/aromatic N) is 3. The molecule has 134 valence electrons. The van der Waals surface area contributed by atoms with Gasteiger partial charge in [0, 0.05) is 20.5 Å². The van der Waals surface area contributed by atoms with Gasteiger partial charge < -0.3 is 14.8 Å². The van der Waals surface area contributed by atoms with Crippen molar-refractivity contribution in [2.75, 3.05) is 6.61 Å². The predicted molar refractivity (Wildman–Crippen MR) is 91.1 cm³/mol. The first kappa shape index (κ1) is 18.4. The molecule has 0 bridgehead atoms. The maximum atomic E-state index is 11.9. The highest BCUT2D eigenvalue weighted by atomic mass is 16.3. The Hall–Kier alpha value is -1.93. The predicted octanol–water partition coefficient (Wildman–Crippen LogP) is 0.197. The Morgan fingerprint density at radius 3 is 2.46 bits per heavy atom. The van der Waals surface area contributed by atoms with E-state index < -0.39 is 17.4 Å². The number of aliphatic hydroxyl groups is 2. The second-order valence-corrected chi connectivity index (χ2v) is 6.22. The van der Waals surface area contributed by atoms with Crippen LogP contribution in [0.4, 0.5) is 0 Å². The van der Waals surface area contributed by atoms with Crippen LogP contribution in [0.5, 0.6) is 0 Å². The van der Waals surface area contributed by atoms with Crippen LogP contribution in [-0.4, -0.2) is 42.0 Å². The van der Waals surface area contributed by atoms with Crippen LogP contribution in [0.2, 0.25) is 0 Å². The minimum atomic E-state index is -0.602. The number of imidazole rings is 1. The van der Waals surface area contributed by atoms with Crippen molar-refractivity contribution in [2.45, 2.75) is 51.0 Å². The van der Waals surface area contributed by atoms with Crippen LogP contribution >= 0.6 is 0 Å². The summed E-state index contributed by atoms with van der Waals surface area (Å²) in [5, 5.41) is 18.0. The molecule has 0 aliphatic carbocycles. The number of H-pyrrole nitrogens is 1. The topological polar surface area (TPSA) is 113 Å². The summed E-state index contributed by atoms with van der Waals surface area (Å²) >= 11 is 0. The van der Waals surface area contributed by atoms with E-state index in [9.17, 15) is 14.7 Å². The summed E-state index contributed by atoms with van der Waals surface area (Å²) in [5.41, 5.74) is -0.0247. The van der Waals surface area contributed by atoms with Crippen molar-refractivity contribution >= 4 is 11.2 Å². The molecule has 0 aliphatic heterocycles. The van der Waals surface area contributed by atoms with Gasteiger partial charge in [0.15, 0.2) is 11.2 Å². The lowest BCUT2D eigenvalue weighted by Crippen LogP contribution is -2.29. The monoisotopic (exact) mass is 338 g/mol. The van der Waals surface area contributed by atoms with Crippen molar-refractivity contribution in [3.8, 4) is 0 Å². The Labute approximate surface area is 139 Å². The number of aryl methyl sites for hydroxylation is 3. The standard InChI is InChI=1S/C16H26N4O4/c1-19-12(9-7-5-3-4-6-8-11(22)10-21)17-14-13(19)15(23)18-16(24)20(14)2/h11,21-22H,3-10H2,1-2H3,(H,18,23,24). The van der Waals surface area contributed by atoms with Crippen LogP contribution < -0.4 is 11.2 Å². The van der Waals surface area contributed by atoms with Crippen molar-refractivity contribution in [3.05, 3.63) is 26.7 Å². The maximum absolute atomic E-state index is 11.9. The van der Waals surface area contributed by atoms with E-state index in [0.717, 1.165) is 44.3 Å². The molecule has 2 aromatic heterocycles. The molecule has 0 fully saturated rings. The first-order valence-electron chi connectivity index (χ1n) is 8.39. The normalized spacial score (nSPS) is 12.8. The molecule has 0 saturated heterocycles. The summed E-state index contributed by atoms with van der Waals surface area (Å²) in [7, 11) is 3.39. The third-order valence-electron chi connectivity index (χ3n) is 4.38. The van der Waals surface area contributed by atoms with Crippen LogP contribution in [0.3, 0.4) is 0 Å². The van der Waals surface area contributed by atoms with Crippen LogP contribution in [0.15, 0.2) is 9.59 Å². The van der Waals surface area contributed by atoms with Gasteiger partial charge in [0.05, 0.1) is 12.7 Å². The first-order valence-corrected chi connectivity index (χ1v) is 8.39. The summed E-state index contributed by atoms with van der Waals surface area (Å²) in [4.78, 5) is 30.3. The van der Waals surface area contributed by atoms with Crippen molar-refractivity contribution in [1.82, 2.24) is 19.1 Å².